The second-order valence-corrected chi connectivity index (χ2v) is 5.46. The van der Waals surface area contributed by atoms with Crippen molar-refractivity contribution in [3.8, 4) is 0 Å². The van der Waals surface area contributed by atoms with Crippen molar-refractivity contribution in [1.82, 2.24) is 15.0 Å². The average Bonchev–Trinajstić information content (AvgIpc) is 2.87. The van der Waals surface area contributed by atoms with Gasteiger partial charge in [0.05, 0.1) is 13.0 Å². The van der Waals surface area contributed by atoms with Crippen LogP contribution >= 0.6 is 0 Å². The summed E-state index contributed by atoms with van der Waals surface area (Å²) in [6.07, 6.45) is 1.46. The van der Waals surface area contributed by atoms with Gasteiger partial charge in [-0.15, -0.1) is 0 Å². The number of ketones is 1. The van der Waals surface area contributed by atoms with E-state index in [1.807, 2.05) is 6.92 Å². The van der Waals surface area contributed by atoms with Crippen LogP contribution in [0.25, 0.3) is 0 Å². The number of hydrogen-bond donors (Lipinski definition) is 0. The number of carbonyl (C=O) groups excluding carboxylic acids is 1. The first-order valence-corrected chi connectivity index (χ1v) is 7.30. The quantitative estimate of drug-likeness (QED) is 0.791. The Labute approximate surface area is 119 Å². The topological polar surface area (TPSA) is 68.5 Å². The first kappa shape index (κ1) is 15.1. The second-order valence-electron chi connectivity index (χ2n) is 5.46. The monoisotopic (exact) mass is 281 g/mol. The lowest BCUT2D eigenvalue weighted by Gasteiger charge is -2.34. The molecule has 0 bridgehead atoms. The van der Waals surface area contributed by atoms with Crippen LogP contribution in [0, 0.1) is 0 Å². The Balaban J connectivity index is 1.96. The smallest absolute Gasteiger partial charge is 0.234 e. The van der Waals surface area contributed by atoms with Gasteiger partial charge in [-0.05, 0) is 20.3 Å². The van der Waals surface area contributed by atoms with E-state index in [2.05, 4.69) is 28.9 Å². The lowest BCUT2D eigenvalue weighted by atomic mass is 10.2. The molecule has 2 heterocycles. The van der Waals surface area contributed by atoms with Crippen LogP contribution in [0.2, 0.25) is 0 Å². The molecular formula is C14H23N3O3. The minimum atomic E-state index is -0.162. The molecule has 0 radical (unpaired) electrons. The molecule has 0 N–H and O–H groups in total. The van der Waals surface area contributed by atoms with Crippen molar-refractivity contribution in [1.29, 1.82) is 0 Å². The summed E-state index contributed by atoms with van der Waals surface area (Å²) in [6.45, 7) is 8.66. The zero-order chi connectivity index (χ0) is 14.5. The van der Waals surface area contributed by atoms with Gasteiger partial charge in [0.15, 0.2) is 0 Å². The van der Waals surface area contributed by atoms with Crippen LogP contribution in [-0.4, -0.2) is 46.6 Å². The van der Waals surface area contributed by atoms with E-state index in [0.29, 0.717) is 30.8 Å². The summed E-state index contributed by atoms with van der Waals surface area (Å²) in [6, 6.07) is 0.471. The minimum absolute atomic E-state index is 0.135. The third kappa shape index (κ3) is 3.86. The molecule has 1 fully saturated rings. The Bertz CT molecular complexity index is 445. The molecule has 1 unspecified atom stereocenters. The van der Waals surface area contributed by atoms with Crippen molar-refractivity contribution >= 4 is 5.78 Å². The van der Waals surface area contributed by atoms with Crippen molar-refractivity contribution in [2.24, 2.45) is 0 Å². The van der Waals surface area contributed by atoms with E-state index in [4.69, 9.17) is 9.26 Å². The first-order chi connectivity index (χ1) is 9.60. The molecule has 0 spiro atoms. The molecule has 1 aliphatic heterocycles. The molecule has 1 atom stereocenters. The number of carbonyl (C=O) groups is 1. The lowest BCUT2D eigenvalue weighted by molar-refractivity contribution is -0.118. The molecule has 0 aliphatic carbocycles. The van der Waals surface area contributed by atoms with Gasteiger partial charge in [0.25, 0.3) is 0 Å². The van der Waals surface area contributed by atoms with Gasteiger partial charge in [-0.1, -0.05) is 12.1 Å². The van der Waals surface area contributed by atoms with Crippen molar-refractivity contribution in [3.63, 3.8) is 0 Å². The fourth-order valence-corrected chi connectivity index (χ4v) is 2.30. The normalized spacial score (nSPS) is 20.5. The van der Waals surface area contributed by atoms with Crippen LogP contribution in [0.1, 0.15) is 51.4 Å². The molecule has 0 aromatic carbocycles. The van der Waals surface area contributed by atoms with Gasteiger partial charge >= 0.3 is 0 Å². The number of nitrogens with zero attached hydrogens (tertiary/aromatic N) is 3. The SMILES string of the molecule is CCCC(=O)Cc1nc(C2CN(C(C)C)CCO2)no1. The highest BCUT2D eigenvalue weighted by molar-refractivity contribution is 5.79. The van der Waals surface area contributed by atoms with E-state index >= 15 is 0 Å². The third-order valence-electron chi connectivity index (χ3n) is 3.48. The molecule has 1 aromatic rings. The van der Waals surface area contributed by atoms with Gasteiger partial charge in [0.1, 0.15) is 11.9 Å². The van der Waals surface area contributed by atoms with Gasteiger partial charge in [-0.25, -0.2) is 0 Å². The number of morpholine rings is 1. The summed E-state index contributed by atoms with van der Waals surface area (Å²) in [4.78, 5) is 18.2. The lowest BCUT2D eigenvalue weighted by Crippen LogP contribution is -2.42. The highest BCUT2D eigenvalue weighted by Crippen LogP contribution is 2.21. The van der Waals surface area contributed by atoms with Crippen LogP contribution < -0.4 is 0 Å². The highest BCUT2D eigenvalue weighted by Gasteiger charge is 2.27. The van der Waals surface area contributed by atoms with Crippen LogP contribution in [0.15, 0.2) is 4.52 Å². The van der Waals surface area contributed by atoms with E-state index in [9.17, 15) is 4.79 Å². The molecule has 20 heavy (non-hydrogen) atoms. The summed E-state index contributed by atoms with van der Waals surface area (Å²) in [7, 11) is 0. The average molecular weight is 281 g/mol. The summed E-state index contributed by atoms with van der Waals surface area (Å²) >= 11 is 0. The van der Waals surface area contributed by atoms with Crippen molar-refractivity contribution in [2.45, 2.75) is 52.2 Å². The Hall–Kier alpha value is -1.27. The van der Waals surface area contributed by atoms with Crippen LogP contribution in [0.5, 0.6) is 0 Å². The molecule has 112 valence electrons. The molecule has 0 amide bonds. The predicted octanol–water partition coefficient (Wildman–Crippen LogP) is 1.76. The van der Waals surface area contributed by atoms with Gasteiger partial charge < -0.3 is 9.26 Å². The first-order valence-electron chi connectivity index (χ1n) is 7.30. The number of rotatable bonds is 6. The Morgan fingerprint density at radius 3 is 3.00 bits per heavy atom. The highest BCUT2D eigenvalue weighted by atomic mass is 16.5. The van der Waals surface area contributed by atoms with Gasteiger partial charge in [-0.2, -0.15) is 4.98 Å². The Morgan fingerprint density at radius 1 is 1.50 bits per heavy atom. The number of Topliss-reactive ketones (excluding diaryl/α,β-unsaturated/α-hetero) is 1. The third-order valence-corrected chi connectivity index (χ3v) is 3.48. The molecule has 6 heteroatoms. The molecule has 2 rings (SSSR count). The van der Waals surface area contributed by atoms with Crippen LogP contribution in [0.3, 0.4) is 0 Å². The van der Waals surface area contributed by atoms with E-state index in [1.54, 1.807) is 0 Å². The fraction of sp³-hybridized carbons (Fsp3) is 0.786. The summed E-state index contributed by atoms with van der Waals surface area (Å²) in [5, 5.41) is 3.96. The largest absolute Gasteiger partial charge is 0.367 e. The molecule has 1 aliphatic rings. The maximum Gasteiger partial charge on any atom is 0.234 e. The Morgan fingerprint density at radius 2 is 2.30 bits per heavy atom. The van der Waals surface area contributed by atoms with Crippen molar-refractivity contribution in [2.75, 3.05) is 19.7 Å². The summed E-state index contributed by atoms with van der Waals surface area (Å²) in [5.74, 6) is 1.08. The maximum absolute atomic E-state index is 11.6. The van der Waals surface area contributed by atoms with E-state index in [-0.39, 0.29) is 18.3 Å². The van der Waals surface area contributed by atoms with Crippen LogP contribution in [-0.2, 0) is 16.0 Å². The van der Waals surface area contributed by atoms with Gasteiger partial charge in [0, 0.05) is 25.6 Å². The predicted molar refractivity (Wildman–Crippen MR) is 73.3 cm³/mol. The molecule has 1 aromatic heterocycles. The standard InChI is InChI=1S/C14H23N3O3/c1-4-5-11(18)8-13-15-14(16-20-13)12-9-17(10(2)3)6-7-19-12/h10,12H,4-9H2,1-3H3. The van der Waals surface area contributed by atoms with E-state index in [1.165, 1.54) is 0 Å². The molecule has 0 saturated carbocycles. The fourth-order valence-electron chi connectivity index (χ4n) is 2.30. The van der Waals surface area contributed by atoms with E-state index < -0.39 is 0 Å². The molecule has 1 saturated heterocycles. The van der Waals surface area contributed by atoms with E-state index in [0.717, 1.165) is 19.5 Å². The molecule has 6 nitrogen and oxygen atoms in total. The number of hydrogen-bond acceptors (Lipinski definition) is 6. The summed E-state index contributed by atoms with van der Waals surface area (Å²) in [5.41, 5.74) is 0. The minimum Gasteiger partial charge on any atom is -0.367 e. The Kier molecular flexibility index (Phi) is 5.25. The second kappa shape index (κ2) is 6.95. The zero-order valence-corrected chi connectivity index (χ0v) is 12.5. The van der Waals surface area contributed by atoms with Gasteiger partial charge in [-0.3, -0.25) is 9.69 Å². The maximum atomic E-state index is 11.6. The van der Waals surface area contributed by atoms with Crippen molar-refractivity contribution < 1.29 is 14.1 Å². The number of ether oxygens (including phenoxy) is 1. The summed E-state index contributed by atoms with van der Waals surface area (Å²) < 4.78 is 10.8. The zero-order valence-electron chi connectivity index (χ0n) is 12.5. The molecular weight excluding hydrogens is 258 g/mol. The van der Waals surface area contributed by atoms with Crippen molar-refractivity contribution in [3.05, 3.63) is 11.7 Å². The van der Waals surface area contributed by atoms with Crippen LogP contribution in [0.4, 0.5) is 0 Å². The van der Waals surface area contributed by atoms with Gasteiger partial charge in [0.2, 0.25) is 11.7 Å². The number of aromatic nitrogens is 2.